The van der Waals surface area contributed by atoms with Crippen molar-refractivity contribution >= 4 is 0 Å². The lowest BCUT2D eigenvalue weighted by atomic mass is 10.2. The molecule has 0 fully saturated rings. The molecule has 0 aliphatic heterocycles. The largest absolute Gasteiger partial charge is 0.325 e. The summed E-state index contributed by atoms with van der Waals surface area (Å²) < 4.78 is 0. The third kappa shape index (κ3) is 1.95. The molecule has 0 radical (unpaired) electrons. The van der Waals surface area contributed by atoms with Crippen LogP contribution < -0.4 is 5.73 Å². The van der Waals surface area contributed by atoms with Crippen LogP contribution in [0.15, 0.2) is 23.4 Å². The number of aromatic nitrogens is 1. The van der Waals surface area contributed by atoms with Crippen LogP contribution in [0.4, 0.5) is 0 Å². The Balaban J connectivity index is 2.88. The average Bonchev–Trinajstić information content (AvgIpc) is 2.15. The molecular formula is C7H9N5. The van der Waals surface area contributed by atoms with Gasteiger partial charge in [0.05, 0.1) is 12.2 Å². The molecule has 0 saturated heterocycles. The smallest absolute Gasteiger partial charge is 0.0572 e. The van der Waals surface area contributed by atoms with Gasteiger partial charge < -0.3 is 5.73 Å². The van der Waals surface area contributed by atoms with Crippen molar-refractivity contribution in [2.24, 2.45) is 10.8 Å². The van der Waals surface area contributed by atoms with E-state index < -0.39 is 0 Å². The summed E-state index contributed by atoms with van der Waals surface area (Å²) in [5, 5.41) is 3.44. The summed E-state index contributed by atoms with van der Waals surface area (Å²) in [6, 6.07) is 3.64. The Morgan fingerprint density at radius 1 is 1.67 bits per heavy atom. The van der Waals surface area contributed by atoms with Crippen LogP contribution in [0.2, 0.25) is 0 Å². The summed E-state index contributed by atoms with van der Waals surface area (Å²) in [5.74, 6) is 0. The fraction of sp³-hybridized carbons (Fsp3) is 0.286. The minimum Gasteiger partial charge on any atom is -0.325 e. The van der Waals surface area contributed by atoms with E-state index >= 15 is 0 Å². The Kier molecular flexibility index (Phi) is 3.07. The van der Waals surface area contributed by atoms with E-state index in [0.717, 1.165) is 11.3 Å². The molecule has 0 amide bonds. The quantitative estimate of drug-likeness (QED) is 0.414. The molecule has 0 aliphatic carbocycles. The zero-order chi connectivity index (χ0) is 8.81. The first kappa shape index (κ1) is 8.52. The van der Waals surface area contributed by atoms with Crippen molar-refractivity contribution < 1.29 is 0 Å². The Bertz CT molecular complexity index is 302. The predicted octanol–water partition coefficient (Wildman–Crippen LogP) is 1.35. The molecule has 0 aliphatic rings. The molecule has 0 unspecified atom stereocenters. The fourth-order valence-electron chi connectivity index (χ4n) is 0.907. The maximum Gasteiger partial charge on any atom is 0.0572 e. The molecule has 1 aromatic heterocycles. The third-order valence-electron chi connectivity index (χ3n) is 1.48. The zero-order valence-electron chi connectivity index (χ0n) is 6.51. The van der Waals surface area contributed by atoms with E-state index in [0.29, 0.717) is 13.1 Å². The van der Waals surface area contributed by atoms with E-state index in [-0.39, 0.29) is 0 Å². The van der Waals surface area contributed by atoms with Crippen molar-refractivity contribution in [3.05, 3.63) is 40.0 Å². The van der Waals surface area contributed by atoms with Crippen LogP contribution in [0, 0.1) is 0 Å². The lowest BCUT2D eigenvalue weighted by Crippen LogP contribution is -2.03. The molecule has 1 aromatic rings. The van der Waals surface area contributed by atoms with Gasteiger partial charge in [-0.25, -0.2) is 0 Å². The minimum atomic E-state index is 0.316. The van der Waals surface area contributed by atoms with Crippen LogP contribution in [-0.4, -0.2) is 4.98 Å². The normalized spacial score (nSPS) is 9.08. The Hall–Kier alpha value is -1.58. The Morgan fingerprint density at radius 3 is 3.17 bits per heavy atom. The number of nitrogens with zero attached hydrogens (tertiary/aromatic N) is 4. The highest BCUT2D eigenvalue weighted by molar-refractivity contribution is 5.19. The fourth-order valence-corrected chi connectivity index (χ4v) is 0.907. The molecule has 0 atom stereocenters. The van der Waals surface area contributed by atoms with Gasteiger partial charge in [-0.15, -0.1) is 0 Å². The second kappa shape index (κ2) is 4.33. The van der Waals surface area contributed by atoms with Crippen LogP contribution in [0.1, 0.15) is 11.3 Å². The second-order valence-corrected chi connectivity index (χ2v) is 2.20. The third-order valence-corrected chi connectivity index (χ3v) is 1.48. The van der Waals surface area contributed by atoms with Gasteiger partial charge in [0.1, 0.15) is 0 Å². The summed E-state index contributed by atoms with van der Waals surface area (Å²) in [5.41, 5.74) is 15.2. The monoisotopic (exact) mass is 163 g/mol. The molecule has 5 heteroatoms. The zero-order valence-corrected chi connectivity index (χ0v) is 6.51. The number of pyridine rings is 1. The minimum absolute atomic E-state index is 0.316. The lowest BCUT2D eigenvalue weighted by molar-refractivity contribution is 0.916. The van der Waals surface area contributed by atoms with E-state index in [9.17, 15) is 0 Å². The van der Waals surface area contributed by atoms with E-state index in [4.69, 9.17) is 11.3 Å². The van der Waals surface area contributed by atoms with E-state index in [1.54, 1.807) is 12.3 Å². The van der Waals surface area contributed by atoms with Crippen molar-refractivity contribution in [3.63, 3.8) is 0 Å². The molecule has 0 saturated carbocycles. The number of hydrogen-bond acceptors (Lipinski definition) is 3. The summed E-state index contributed by atoms with van der Waals surface area (Å²) >= 11 is 0. The van der Waals surface area contributed by atoms with Gasteiger partial charge in [0.25, 0.3) is 0 Å². The first-order valence-corrected chi connectivity index (χ1v) is 3.52. The number of nitrogens with two attached hydrogens (primary N) is 1. The summed E-state index contributed by atoms with van der Waals surface area (Å²) in [6.07, 6.45) is 1.67. The van der Waals surface area contributed by atoms with Crippen LogP contribution >= 0.6 is 0 Å². The van der Waals surface area contributed by atoms with Gasteiger partial charge in [0, 0.05) is 17.7 Å². The summed E-state index contributed by atoms with van der Waals surface area (Å²) in [6.45, 7) is 0.688. The molecule has 0 aromatic carbocycles. The van der Waals surface area contributed by atoms with Gasteiger partial charge in [-0.05, 0) is 17.2 Å². The maximum atomic E-state index is 8.10. The highest BCUT2D eigenvalue weighted by Gasteiger charge is 1.98. The molecule has 1 heterocycles. The van der Waals surface area contributed by atoms with E-state index in [2.05, 4.69) is 15.0 Å². The van der Waals surface area contributed by atoms with Gasteiger partial charge in [0.15, 0.2) is 0 Å². The standard InChI is InChI=1S/C7H9N5/c8-4-7-6(5-11-12-9)2-1-3-10-7/h1-3H,4-5,8H2. The SMILES string of the molecule is [N-]=[N+]=NCc1cccnc1CN. The first-order chi connectivity index (χ1) is 5.88. The van der Waals surface area contributed by atoms with Crippen LogP contribution in [-0.2, 0) is 13.1 Å². The highest BCUT2D eigenvalue weighted by Crippen LogP contribution is 2.05. The van der Waals surface area contributed by atoms with E-state index in [1.165, 1.54) is 0 Å². The molecule has 62 valence electrons. The van der Waals surface area contributed by atoms with Crippen molar-refractivity contribution in [3.8, 4) is 0 Å². The van der Waals surface area contributed by atoms with Gasteiger partial charge in [-0.3, -0.25) is 4.98 Å². The molecule has 5 nitrogen and oxygen atoms in total. The van der Waals surface area contributed by atoms with Crippen LogP contribution in [0.5, 0.6) is 0 Å². The molecular weight excluding hydrogens is 154 g/mol. The van der Waals surface area contributed by atoms with Gasteiger partial charge in [-0.2, -0.15) is 0 Å². The lowest BCUT2D eigenvalue weighted by Gasteiger charge is -2.01. The maximum absolute atomic E-state index is 8.10. The average molecular weight is 163 g/mol. The van der Waals surface area contributed by atoms with Crippen molar-refractivity contribution in [2.45, 2.75) is 13.1 Å². The number of hydrogen-bond donors (Lipinski definition) is 1. The second-order valence-electron chi connectivity index (χ2n) is 2.20. The Morgan fingerprint density at radius 2 is 2.50 bits per heavy atom. The van der Waals surface area contributed by atoms with Crippen molar-refractivity contribution in [2.75, 3.05) is 0 Å². The molecule has 1 rings (SSSR count). The summed E-state index contributed by atoms with van der Waals surface area (Å²) in [4.78, 5) is 6.70. The molecule has 0 bridgehead atoms. The van der Waals surface area contributed by atoms with Crippen molar-refractivity contribution in [1.29, 1.82) is 0 Å². The van der Waals surface area contributed by atoms with Crippen molar-refractivity contribution in [1.82, 2.24) is 4.98 Å². The first-order valence-electron chi connectivity index (χ1n) is 3.52. The highest BCUT2D eigenvalue weighted by atomic mass is 15.1. The topological polar surface area (TPSA) is 87.7 Å². The van der Waals surface area contributed by atoms with Gasteiger partial charge >= 0.3 is 0 Å². The molecule has 12 heavy (non-hydrogen) atoms. The van der Waals surface area contributed by atoms with Gasteiger partial charge in [0.2, 0.25) is 0 Å². The van der Waals surface area contributed by atoms with Gasteiger partial charge in [-0.1, -0.05) is 11.2 Å². The van der Waals surface area contributed by atoms with Crippen LogP contribution in [0.3, 0.4) is 0 Å². The van der Waals surface area contributed by atoms with E-state index in [1.807, 2.05) is 6.07 Å². The number of rotatable bonds is 3. The predicted molar refractivity (Wildman–Crippen MR) is 45.0 cm³/mol. The molecule has 2 N–H and O–H groups in total. The summed E-state index contributed by atoms with van der Waals surface area (Å²) in [7, 11) is 0. The Labute approximate surface area is 69.9 Å². The van der Waals surface area contributed by atoms with Crippen LogP contribution in [0.25, 0.3) is 10.4 Å². The number of azide groups is 1. The molecule has 0 spiro atoms.